The summed E-state index contributed by atoms with van der Waals surface area (Å²) in [6.45, 7) is 0.257. The van der Waals surface area contributed by atoms with Gasteiger partial charge in [-0.05, 0) is 55.2 Å². The molecule has 3 aliphatic rings. The Hall–Kier alpha value is -3.11. The van der Waals surface area contributed by atoms with Gasteiger partial charge in [-0.1, -0.05) is 6.07 Å². The maximum absolute atomic E-state index is 14.5. The van der Waals surface area contributed by atoms with Gasteiger partial charge < -0.3 is 20.3 Å². The lowest BCUT2D eigenvalue weighted by molar-refractivity contribution is -0.0359. The molecule has 3 N–H and O–H groups in total. The van der Waals surface area contributed by atoms with Gasteiger partial charge >= 0.3 is 0 Å². The van der Waals surface area contributed by atoms with Gasteiger partial charge in [0.2, 0.25) is 0 Å². The van der Waals surface area contributed by atoms with E-state index in [1.165, 1.54) is 18.2 Å². The number of nitrogens with zero attached hydrogens (tertiary/aromatic N) is 2. The van der Waals surface area contributed by atoms with Crippen molar-refractivity contribution in [1.29, 1.82) is 5.26 Å². The fourth-order valence-electron chi connectivity index (χ4n) is 4.85. The molecule has 0 amide bonds. The topological polar surface area (TPSA) is 101 Å². The lowest BCUT2D eigenvalue weighted by Gasteiger charge is -2.47. The first-order chi connectivity index (χ1) is 14.0. The Labute approximate surface area is 167 Å². The summed E-state index contributed by atoms with van der Waals surface area (Å²) in [7, 11) is 0. The van der Waals surface area contributed by atoms with Crippen LogP contribution >= 0.6 is 0 Å². The van der Waals surface area contributed by atoms with Gasteiger partial charge in [-0.25, -0.2) is 9.38 Å². The third-order valence-electron chi connectivity index (χ3n) is 6.25. The van der Waals surface area contributed by atoms with E-state index in [1.807, 2.05) is 18.2 Å². The number of aliphatic imine (C=N–C) groups is 1. The van der Waals surface area contributed by atoms with Crippen LogP contribution in [0.1, 0.15) is 30.4 Å². The van der Waals surface area contributed by atoms with E-state index in [2.05, 4.69) is 4.99 Å². The molecule has 6 nitrogen and oxygen atoms in total. The number of aliphatic hydroxyl groups excluding tert-OH is 1. The molecule has 148 valence electrons. The first-order valence-corrected chi connectivity index (χ1v) is 9.67. The second-order valence-electron chi connectivity index (χ2n) is 7.91. The smallest absolute Gasteiger partial charge is 0.283 e. The van der Waals surface area contributed by atoms with E-state index < -0.39 is 17.5 Å². The van der Waals surface area contributed by atoms with Crippen LogP contribution in [0.5, 0.6) is 5.75 Å². The van der Waals surface area contributed by atoms with Crippen LogP contribution in [0, 0.1) is 23.1 Å². The number of fused-ring (bicyclic) bond motifs is 4. The second-order valence-corrected chi connectivity index (χ2v) is 7.91. The molecule has 2 aromatic rings. The van der Waals surface area contributed by atoms with Crippen molar-refractivity contribution in [2.45, 2.75) is 37.0 Å². The minimum Gasteiger partial charge on any atom is -0.490 e. The van der Waals surface area contributed by atoms with Gasteiger partial charge in [-0.2, -0.15) is 5.26 Å². The zero-order valence-corrected chi connectivity index (χ0v) is 15.6. The van der Waals surface area contributed by atoms with Gasteiger partial charge in [-0.3, -0.25) is 0 Å². The van der Waals surface area contributed by atoms with Crippen LogP contribution in [0.25, 0.3) is 11.1 Å². The molecule has 5 rings (SSSR count). The molecule has 0 bridgehead atoms. The van der Waals surface area contributed by atoms with E-state index in [9.17, 15) is 14.8 Å². The Morgan fingerprint density at radius 1 is 1.24 bits per heavy atom. The molecule has 2 aromatic carbocycles. The van der Waals surface area contributed by atoms with Crippen molar-refractivity contribution >= 4 is 6.02 Å². The first-order valence-electron chi connectivity index (χ1n) is 9.67. The van der Waals surface area contributed by atoms with Crippen LogP contribution in [0.2, 0.25) is 0 Å². The summed E-state index contributed by atoms with van der Waals surface area (Å²) in [6, 6.07) is 11.9. The summed E-state index contributed by atoms with van der Waals surface area (Å²) in [5.41, 5.74) is 7.23. The molecule has 29 heavy (non-hydrogen) atoms. The van der Waals surface area contributed by atoms with Gasteiger partial charge in [0, 0.05) is 17.0 Å². The quantitative estimate of drug-likeness (QED) is 0.776. The largest absolute Gasteiger partial charge is 0.490 e. The summed E-state index contributed by atoms with van der Waals surface area (Å²) >= 11 is 0. The van der Waals surface area contributed by atoms with Gasteiger partial charge in [0.05, 0.1) is 17.7 Å². The fraction of sp³-hybridized carbons (Fsp3) is 0.364. The Morgan fingerprint density at radius 2 is 2.10 bits per heavy atom. The minimum atomic E-state index is -0.775. The molecule has 0 aromatic heterocycles. The van der Waals surface area contributed by atoms with Crippen LogP contribution in [-0.2, 0) is 10.3 Å². The van der Waals surface area contributed by atoms with Gasteiger partial charge in [0.25, 0.3) is 6.02 Å². The van der Waals surface area contributed by atoms with Crippen molar-refractivity contribution in [3.63, 3.8) is 0 Å². The monoisotopic (exact) mass is 393 g/mol. The number of nitriles is 1. The van der Waals surface area contributed by atoms with Crippen molar-refractivity contribution < 1.29 is 19.0 Å². The molecule has 1 aliphatic carbocycles. The molecule has 2 aliphatic heterocycles. The van der Waals surface area contributed by atoms with Crippen LogP contribution in [-0.4, -0.2) is 29.9 Å². The Morgan fingerprint density at radius 3 is 2.86 bits per heavy atom. The van der Waals surface area contributed by atoms with E-state index in [0.29, 0.717) is 35.3 Å². The summed E-state index contributed by atoms with van der Waals surface area (Å²) in [6.07, 6.45) is 1.42. The van der Waals surface area contributed by atoms with Crippen LogP contribution in [0.4, 0.5) is 4.39 Å². The molecule has 0 radical (unpaired) electrons. The maximum atomic E-state index is 14.5. The summed E-state index contributed by atoms with van der Waals surface area (Å²) in [4.78, 5) is 4.67. The second kappa shape index (κ2) is 6.46. The molecule has 0 saturated heterocycles. The summed E-state index contributed by atoms with van der Waals surface area (Å²) in [5.74, 6) is 0.169. The predicted molar refractivity (Wildman–Crippen MR) is 104 cm³/mol. The van der Waals surface area contributed by atoms with E-state index in [4.69, 9.17) is 15.2 Å². The molecule has 1 saturated carbocycles. The Kier molecular flexibility index (Phi) is 4.00. The molecule has 1 spiro atoms. The molecule has 4 atom stereocenters. The maximum Gasteiger partial charge on any atom is 0.283 e. The normalized spacial score (nSPS) is 29.8. The molecular weight excluding hydrogens is 373 g/mol. The van der Waals surface area contributed by atoms with Crippen molar-refractivity contribution in [2.24, 2.45) is 16.6 Å². The molecular formula is C22H20FN3O3. The van der Waals surface area contributed by atoms with Crippen LogP contribution < -0.4 is 10.5 Å². The number of aliphatic hydroxyl groups is 1. The van der Waals surface area contributed by atoms with Crippen molar-refractivity contribution in [1.82, 2.24) is 0 Å². The number of hydrogen-bond donors (Lipinski definition) is 2. The van der Waals surface area contributed by atoms with E-state index in [1.54, 1.807) is 6.07 Å². The van der Waals surface area contributed by atoms with Gasteiger partial charge in [0.15, 0.2) is 0 Å². The zero-order valence-electron chi connectivity index (χ0n) is 15.6. The van der Waals surface area contributed by atoms with E-state index in [-0.39, 0.29) is 24.7 Å². The number of amidine groups is 1. The summed E-state index contributed by atoms with van der Waals surface area (Å²) < 4.78 is 26.3. The highest BCUT2D eigenvalue weighted by Crippen LogP contribution is 2.53. The third kappa shape index (κ3) is 2.75. The molecule has 7 heteroatoms. The average Bonchev–Trinajstić information content (AvgIpc) is 3.11. The number of hydrogen-bond acceptors (Lipinski definition) is 6. The number of rotatable bonds is 1. The Balaban J connectivity index is 1.68. The average molecular weight is 393 g/mol. The Bertz CT molecular complexity index is 1060. The zero-order chi connectivity index (χ0) is 20.2. The third-order valence-corrected chi connectivity index (χ3v) is 6.25. The number of nitrogens with two attached hydrogens (primary N) is 1. The number of benzene rings is 2. The van der Waals surface area contributed by atoms with Crippen LogP contribution in [0.15, 0.2) is 41.4 Å². The molecule has 4 unspecified atom stereocenters. The highest BCUT2D eigenvalue weighted by atomic mass is 19.1. The lowest BCUT2D eigenvalue weighted by atomic mass is 9.67. The van der Waals surface area contributed by atoms with Crippen molar-refractivity contribution in [3.05, 3.63) is 53.3 Å². The van der Waals surface area contributed by atoms with Gasteiger partial charge in [0.1, 0.15) is 29.8 Å². The van der Waals surface area contributed by atoms with E-state index >= 15 is 0 Å². The standard InChI is InChI=1S/C22H20FN3O3/c23-18-4-1-12(10-24)7-15(18)13-2-5-19-16(8-13)22(11-28-21(25)26-22)17-9-14(27)3-6-20(17)29-19/h1-2,4-5,7-8,14,17,20,27H,3,6,9,11H2,(H2,25,26). The number of halogens is 1. The van der Waals surface area contributed by atoms with Gasteiger partial charge in [-0.15, -0.1) is 0 Å². The van der Waals surface area contributed by atoms with Crippen LogP contribution in [0.3, 0.4) is 0 Å². The number of ether oxygens (including phenoxy) is 2. The van der Waals surface area contributed by atoms with Crippen molar-refractivity contribution in [3.8, 4) is 22.9 Å². The predicted octanol–water partition coefficient (Wildman–Crippen LogP) is 2.83. The first kappa shape index (κ1) is 18.0. The lowest BCUT2D eigenvalue weighted by Crippen LogP contribution is -2.51. The highest BCUT2D eigenvalue weighted by molar-refractivity contribution is 5.76. The molecule has 2 heterocycles. The van der Waals surface area contributed by atoms with E-state index in [0.717, 1.165) is 12.0 Å². The summed E-state index contributed by atoms with van der Waals surface area (Å²) in [5, 5.41) is 19.5. The molecule has 1 fully saturated rings. The SMILES string of the molecule is N#Cc1ccc(F)c(-c2ccc3c(c2)C2(COC(N)=N2)C2CC(O)CCC2O3)c1. The van der Waals surface area contributed by atoms with Crippen molar-refractivity contribution in [2.75, 3.05) is 6.61 Å². The minimum absolute atomic E-state index is 0.0892. The highest BCUT2D eigenvalue weighted by Gasteiger charge is 2.55. The fourth-order valence-corrected chi connectivity index (χ4v) is 4.85.